The zero-order valence-corrected chi connectivity index (χ0v) is 12.1. The van der Waals surface area contributed by atoms with Crippen LogP contribution in [0.5, 0.6) is 0 Å². The molecule has 2 fully saturated rings. The van der Waals surface area contributed by atoms with Gasteiger partial charge in [0.2, 0.25) is 0 Å². The average Bonchev–Trinajstić information content (AvgIpc) is 3.23. The number of amides is 2. The highest BCUT2D eigenvalue weighted by Crippen LogP contribution is 2.43. The minimum absolute atomic E-state index is 0.0114. The predicted octanol–water partition coefficient (Wildman–Crippen LogP) is 2.37. The van der Waals surface area contributed by atoms with Crippen molar-refractivity contribution in [2.75, 3.05) is 19.7 Å². The Kier molecular flexibility index (Phi) is 5.49. The van der Waals surface area contributed by atoms with E-state index in [-0.39, 0.29) is 12.6 Å². The van der Waals surface area contributed by atoms with E-state index in [0.29, 0.717) is 12.6 Å². The second kappa shape index (κ2) is 7.13. The van der Waals surface area contributed by atoms with Crippen LogP contribution < -0.4 is 5.32 Å². The molecule has 2 saturated carbocycles. The number of hydrogen-bond acceptors (Lipinski definition) is 2. The summed E-state index contributed by atoms with van der Waals surface area (Å²) in [6, 6.07) is 0.363. The normalized spacial score (nSPS) is 27.1. The molecule has 2 rings (SSSR count). The molecule has 0 saturated heterocycles. The highest BCUT2D eigenvalue weighted by atomic mass is 16.3. The molecule has 0 aromatic heterocycles. The Labute approximate surface area is 116 Å². The number of rotatable bonds is 6. The summed E-state index contributed by atoms with van der Waals surface area (Å²) in [5.41, 5.74) is 0. The number of carbonyl (C=O) groups is 1. The van der Waals surface area contributed by atoms with E-state index in [2.05, 4.69) is 12.2 Å². The Morgan fingerprint density at radius 3 is 2.63 bits per heavy atom. The van der Waals surface area contributed by atoms with Gasteiger partial charge < -0.3 is 15.3 Å². The number of nitrogens with one attached hydrogen (secondary N) is 1. The monoisotopic (exact) mass is 268 g/mol. The molecule has 2 N–H and O–H groups in total. The second-order valence-corrected chi connectivity index (χ2v) is 6.12. The Hall–Kier alpha value is -0.770. The molecule has 0 aromatic rings. The van der Waals surface area contributed by atoms with Gasteiger partial charge in [-0.15, -0.1) is 0 Å². The van der Waals surface area contributed by atoms with Gasteiger partial charge in [0.05, 0.1) is 6.61 Å². The number of carbonyl (C=O) groups excluding carboxylic acids is 1. The zero-order chi connectivity index (χ0) is 13.7. The average molecular weight is 268 g/mol. The second-order valence-electron chi connectivity index (χ2n) is 6.12. The molecule has 4 heteroatoms. The van der Waals surface area contributed by atoms with Crippen molar-refractivity contribution in [2.24, 2.45) is 11.8 Å². The molecule has 0 bridgehead atoms. The lowest BCUT2D eigenvalue weighted by atomic mass is 9.83. The smallest absolute Gasteiger partial charge is 0.317 e. The van der Waals surface area contributed by atoms with Gasteiger partial charge in [-0.2, -0.15) is 0 Å². The first-order valence-electron chi connectivity index (χ1n) is 7.91. The van der Waals surface area contributed by atoms with Crippen molar-refractivity contribution in [3.8, 4) is 0 Å². The van der Waals surface area contributed by atoms with E-state index in [1.165, 1.54) is 25.7 Å². The van der Waals surface area contributed by atoms with Gasteiger partial charge in [0.15, 0.2) is 0 Å². The van der Waals surface area contributed by atoms with Crippen LogP contribution in [0.2, 0.25) is 0 Å². The quantitative estimate of drug-likeness (QED) is 0.777. The van der Waals surface area contributed by atoms with E-state index in [4.69, 9.17) is 5.11 Å². The molecule has 2 aliphatic carbocycles. The first-order chi connectivity index (χ1) is 9.24. The minimum atomic E-state index is 0.0114. The molecule has 2 aliphatic rings. The van der Waals surface area contributed by atoms with Gasteiger partial charge in [-0.3, -0.25) is 0 Å². The molecule has 0 aliphatic heterocycles. The van der Waals surface area contributed by atoms with Crippen molar-refractivity contribution >= 4 is 6.03 Å². The maximum atomic E-state index is 12.2. The van der Waals surface area contributed by atoms with Crippen LogP contribution in [-0.2, 0) is 0 Å². The van der Waals surface area contributed by atoms with Gasteiger partial charge >= 0.3 is 6.03 Å². The molecule has 2 unspecified atom stereocenters. The first-order valence-corrected chi connectivity index (χ1v) is 7.91. The third kappa shape index (κ3) is 4.37. The summed E-state index contributed by atoms with van der Waals surface area (Å²) in [6.07, 6.45) is 8.62. The topological polar surface area (TPSA) is 52.6 Å². The van der Waals surface area contributed by atoms with Crippen molar-refractivity contribution in [3.05, 3.63) is 0 Å². The molecule has 4 nitrogen and oxygen atoms in total. The molecule has 0 heterocycles. The number of nitrogens with zero attached hydrogens (tertiary/aromatic N) is 1. The fourth-order valence-corrected chi connectivity index (χ4v) is 3.33. The number of hydrogen-bond donors (Lipinski definition) is 2. The summed E-state index contributed by atoms with van der Waals surface area (Å²) in [5.74, 6) is 1.79. The summed E-state index contributed by atoms with van der Waals surface area (Å²) >= 11 is 0. The molecule has 0 aromatic carbocycles. The van der Waals surface area contributed by atoms with E-state index in [0.717, 1.165) is 37.6 Å². The van der Waals surface area contributed by atoms with Crippen LogP contribution in [0.3, 0.4) is 0 Å². The fourth-order valence-electron chi connectivity index (χ4n) is 3.33. The summed E-state index contributed by atoms with van der Waals surface area (Å²) in [7, 11) is 0. The van der Waals surface area contributed by atoms with Crippen LogP contribution in [0.15, 0.2) is 0 Å². The van der Waals surface area contributed by atoms with Crippen LogP contribution >= 0.6 is 0 Å². The largest absolute Gasteiger partial charge is 0.395 e. The van der Waals surface area contributed by atoms with E-state index in [9.17, 15) is 4.79 Å². The molecule has 2 amide bonds. The SMILES string of the molecule is CCCN(CCO)C(=O)NC1CCCC(C2CC2)C1. The van der Waals surface area contributed by atoms with Crippen LogP contribution in [0.1, 0.15) is 51.9 Å². The molecule has 110 valence electrons. The Morgan fingerprint density at radius 2 is 2.00 bits per heavy atom. The number of aliphatic hydroxyl groups excluding tert-OH is 1. The Bertz CT molecular complexity index is 286. The first kappa shape index (κ1) is 14.6. The molecular weight excluding hydrogens is 240 g/mol. The molecule has 0 spiro atoms. The molecular formula is C15H28N2O2. The van der Waals surface area contributed by atoms with E-state index in [1.807, 2.05) is 0 Å². The van der Waals surface area contributed by atoms with Gasteiger partial charge in [0.1, 0.15) is 0 Å². The molecule has 2 atom stereocenters. The Balaban J connectivity index is 1.79. The third-order valence-corrected chi connectivity index (χ3v) is 4.48. The lowest BCUT2D eigenvalue weighted by molar-refractivity contribution is 0.167. The van der Waals surface area contributed by atoms with Crippen molar-refractivity contribution in [1.82, 2.24) is 10.2 Å². The van der Waals surface area contributed by atoms with Gasteiger partial charge in [0, 0.05) is 19.1 Å². The maximum Gasteiger partial charge on any atom is 0.317 e. The van der Waals surface area contributed by atoms with Gasteiger partial charge in [0.25, 0.3) is 0 Å². The Morgan fingerprint density at radius 1 is 1.21 bits per heavy atom. The van der Waals surface area contributed by atoms with Crippen molar-refractivity contribution < 1.29 is 9.90 Å². The van der Waals surface area contributed by atoms with Crippen LogP contribution in [-0.4, -0.2) is 41.8 Å². The van der Waals surface area contributed by atoms with Gasteiger partial charge in [-0.1, -0.05) is 19.8 Å². The van der Waals surface area contributed by atoms with Crippen molar-refractivity contribution in [1.29, 1.82) is 0 Å². The summed E-state index contributed by atoms with van der Waals surface area (Å²) in [4.78, 5) is 13.9. The number of aliphatic hydroxyl groups is 1. The van der Waals surface area contributed by atoms with Crippen LogP contribution in [0.25, 0.3) is 0 Å². The fraction of sp³-hybridized carbons (Fsp3) is 0.933. The summed E-state index contributed by atoms with van der Waals surface area (Å²) in [5, 5.41) is 12.2. The lowest BCUT2D eigenvalue weighted by Crippen LogP contribution is -2.47. The number of urea groups is 1. The van der Waals surface area contributed by atoms with E-state index in [1.54, 1.807) is 4.90 Å². The van der Waals surface area contributed by atoms with Gasteiger partial charge in [-0.25, -0.2) is 4.79 Å². The third-order valence-electron chi connectivity index (χ3n) is 4.48. The minimum Gasteiger partial charge on any atom is -0.395 e. The molecule has 19 heavy (non-hydrogen) atoms. The van der Waals surface area contributed by atoms with Crippen LogP contribution in [0, 0.1) is 11.8 Å². The standard InChI is InChI=1S/C15H28N2O2/c1-2-8-17(9-10-18)15(19)16-14-5-3-4-13(11-14)12-6-7-12/h12-14,18H,2-11H2,1H3,(H,16,19). The van der Waals surface area contributed by atoms with Crippen molar-refractivity contribution in [2.45, 2.75) is 57.9 Å². The van der Waals surface area contributed by atoms with Gasteiger partial charge in [-0.05, 0) is 43.9 Å². The summed E-state index contributed by atoms with van der Waals surface area (Å²) < 4.78 is 0. The maximum absolute atomic E-state index is 12.2. The molecule has 0 radical (unpaired) electrons. The predicted molar refractivity (Wildman–Crippen MR) is 76.0 cm³/mol. The highest BCUT2D eigenvalue weighted by molar-refractivity contribution is 5.74. The summed E-state index contributed by atoms with van der Waals surface area (Å²) in [6.45, 7) is 3.27. The van der Waals surface area contributed by atoms with Crippen LogP contribution in [0.4, 0.5) is 4.79 Å². The van der Waals surface area contributed by atoms with E-state index < -0.39 is 0 Å². The lowest BCUT2D eigenvalue weighted by Gasteiger charge is -2.32. The highest BCUT2D eigenvalue weighted by Gasteiger charge is 2.35. The van der Waals surface area contributed by atoms with E-state index >= 15 is 0 Å². The van der Waals surface area contributed by atoms with Crippen molar-refractivity contribution in [3.63, 3.8) is 0 Å². The zero-order valence-electron chi connectivity index (χ0n) is 12.1.